The minimum Gasteiger partial charge on any atom is -0.378 e. The molecule has 1 aliphatic carbocycles. The van der Waals surface area contributed by atoms with Gasteiger partial charge in [0.2, 0.25) is 5.91 Å². The van der Waals surface area contributed by atoms with Gasteiger partial charge >= 0.3 is 0 Å². The molecular weight excluding hydrogens is 309 g/mol. The maximum absolute atomic E-state index is 13.2. The van der Waals surface area contributed by atoms with Gasteiger partial charge in [-0.3, -0.25) is 9.89 Å². The summed E-state index contributed by atoms with van der Waals surface area (Å²) in [6, 6.07) is 8.09. The predicted molar refractivity (Wildman–Crippen MR) is 87.6 cm³/mol. The zero-order chi connectivity index (χ0) is 17.4. The van der Waals surface area contributed by atoms with Crippen molar-refractivity contribution >= 4 is 5.91 Å². The highest BCUT2D eigenvalue weighted by Crippen LogP contribution is 2.64. The second-order valence-corrected chi connectivity index (χ2v) is 6.97. The second kappa shape index (κ2) is 6.02. The van der Waals surface area contributed by atoms with Crippen LogP contribution in [0.1, 0.15) is 37.2 Å². The van der Waals surface area contributed by atoms with E-state index in [0.29, 0.717) is 13.2 Å². The summed E-state index contributed by atoms with van der Waals surface area (Å²) in [7, 11) is 1.61. The fraction of sp³-hybridized carbons (Fsp3) is 0.444. The lowest BCUT2D eigenvalue weighted by Crippen LogP contribution is -2.37. The van der Waals surface area contributed by atoms with Crippen LogP contribution >= 0.6 is 0 Å². The van der Waals surface area contributed by atoms with E-state index in [1.165, 1.54) is 12.1 Å². The molecule has 1 saturated carbocycles. The highest BCUT2D eigenvalue weighted by molar-refractivity contribution is 5.93. The quantitative estimate of drug-likeness (QED) is 0.855. The summed E-state index contributed by atoms with van der Waals surface area (Å²) in [6.45, 7) is 4.91. The van der Waals surface area contributed by atoms with Gasteiger partial charge in [0.25, 0.3) is 0 Å². The van der Waals surface area contributed by atoms with Crippen molar-refractivity contribution in [2.24, 2.45) is 5.41 Å². The summed E-state index contributed by atoms with van der Waals surface area (Å²) in [5.41, 5.74) is 1.72. The van der Waals surface area contributed by atoms with Gasteiger partial charge in [-0.15, -0.1) is 0 Å². The fourth-order valence-electron chi connectivity index (χ4n) is 3.41. The van der Waals surface area contributed by atoms with Crippen LogP contribution in [0.25, 0.3) is 0 Å². The molecule has 1 aromatic heterocycles. The summed E-state index contributed by atoms with van der Waals surface area (Å²) in [5, 5.41) is 9.99. The van der Waals surface area contributed by atoms with Gasteiger partial charge in [0.1, 0.15) is 5.82 Å². The number of aromatic amines is 1. The van der Waals surface area contributed by atoms with Crippen LogP contribution in [0, 0.1) is 11.2 Å². The van der Waals surface area contributed by atoms with Gasteiger partial charge in [-0.05, 0) is 35.6 Å². The summed E-state index contributed by atoms with van der Waals surface area (Å²) in [6.07, 6.45) is 0.745. The maximum atomic E-state index is 13.2. The Balaban J connectivity index is 1.73. The molecular formula is C18H22FN3O2. The van der Waals surface area contributed by atoms with Crippen LogP contribution in [0.4, 0.5) is 4.39 Å². The van der Waals surface area contributed by atoms with Crippen molar-refractivity contribution in [3.63, 3.8) is 0 Å². The number of nitrogens with zero attached hydrogens (tertiary/aromatic N) is 1. The molecule has 2 aromatic rings. The van der Waals surface area contributed by atoms with E-state index in [2.05, 4.69) is 29.4 Å². The number of aromatic nitrogens is 2. The van der Waals surface area contributed by atoms with Gasteiger partial charge in [-0.25, -0.2) is 4.39 Å². The molecule has 0 aliphatic heterocycles. The molecule has 6 heteroatoms. The summed E-state index contributed by atoms with van der Waals surface area (Å²) in [5.74, 6) is -0.335. The zero-order valence-electron chi connectivity index (χ0n) is 14.1. The van der Waals surface area contributed by atoms with Crippen LogP contribution in [0.2, 0.25) is 0 Å². The average molecular weight is 331 g/mol. The van der Waals surface area contributed by atoms with Crippen molar-refractivity contribution in [2.45, 2.75) is 38.8 Å². The molecule has 1 fully saturated rings. The first-order valence-corrected chi connectivity index (χ1v) is 7.95. The number of ether oxygens (including phenoxy) is 1. The highest BCUT2D eigenvalue weighted by atomic mass is 19.1. The third-order valence-corrected chi connectivity index (χ3v) is 4.88. The Morgan fingerprint density at radius 2 is 2.04 bits per heavy atom. The lowest BCUT2D eigenvalue weighted by atomic mass is 9.87. The monoisotopic (exact) mass is 331 g/mol. The molecule has 5 nitrogen and oxygen atoms in total. The van der Waals surface area contributed by atoms with Crippen LogP contribution < -0.4 is 5.32 Å². The van der Waals surface area contributed by atoms with Gasteiger partial charge in [-0.2, -0.15) is 5.10 Å². The number of rotatable bonds is 6. The Hall–Kier alpha value is -2.21. The number of methoxy groups -OCH3 is 1. The van der Waals surface area contributed by atoms with Gasteiger partial charge in [-0.1, -0.05) is 26.0 Å². The zero-order valence-corrected chi connectivity index (χ0v) is 14.1. The van der Waals surface area contributed by atoms with E-state index < -0.39 is 5.41 Å². The standard InChI is InChI=1S/C18H22FN3O2/c1-17(2)11-18(17,12-4-6-13(19)7-5-12)16(23)20-9-14-8-15(10-24-3)22-21-14/h4-8H,9-11H2,1-3H3,(H,20,23)(H,21,22)/t18-/m1/s1. The van der Waals surface area contributed by atoms with Gasteiger partial charge in [0.05, 0.1) is 30.0 Å². The van der Waals surface area contributed by atoms with E-state index in [1.807, 2.05) is 6.07 Å². The molecule has 1 atom stereocenters. The third kappa shape index (κ3) is 2.82. The van der Waals surface area contributed by atoms with Gasteiger partial charge in [0.15, 0.2) is 0 Å². The normalized spacial score (nSPS) is 21.5. The molecule has 1 heterocycles. The maximum Gasteiger partial charge on any atom is 0.231 e. The van der Waals surface area contributed by atoms with Crippen LogP contribution in [0.15, 0.2) is 30.3 Å². The highest BCUT2D eigenvalue weighted by Gasteiger charge is 2.66. The number of hydrogen-bond acceptors (Lipinski definition) is 3. The van der Waals surface area contributed by atoms with Gasteiger partial charge < -0.3 is 10.1 Å². The van der Waals surface area contributed by atoms with E-state index in [0.717, 1.165) is 23.4 Å². The molecule has 1 aliphatic rings. The van der Waals surface area contributed by atoms with Crippen molar-refractivity contribution in [2.75, 3.05) is 7.11 Å². The Morgan fingerprint density at radius 3 is 2.62 bits per heavy atom. The SMILES string of the molecule is COCc1cc(CNC(=O)[C@]2(c3ccc(F)cc3)CC2(C)C)[nH]n1. The molecule has 0 spiro atoms. The van der Waals surface area contributed by atoms with Crippen molar-refractivity contribution < 1.29 is 13.9 Å². The van der Waals surface area contributed by atoms with Crippen molar-refractivity contribution in [3.05, 3.63) is 53.1 Å². The van der Waals surface area contributed by atoms with Crippen LogP contribution in [-0.2, 0) is 28.1 Å². The average Bonchev–Trinajstić information content (AvgIpc) is 2.91. The molecule has 3 rings (SSSR count). The Kier molecular flexibility index (Phi) is 4.17. The molecule has 0 radical (unpaired) electrons. The predicted octanol–water partition coefficient (Wildman–Crippen LogP) is 2.68. The van der Waals surface area contributed by atoms with Gasteiger partial charge in [0, 0.05) is 7.11 Å². The summed E-state index contributed by atoms with van der Waals surface area (Å²) < 4.78 is 18.2. The first kappa shape index (κ1) is 16.6. The number of benzene rings is 1. The number of hydrogen-bond donors (Lipinski definition) is 2. The molecule has 2 N–H and O–H groups in total. The van der Waals surface area contributed by atoms with Crippen LogP contribution in [0.5, 0.6) is 0 Å². The molecule has 0 bridgehead atoms. The minimum absolute atomic E-state index is 0.0398. The van der Waals surface area contributed by atoms with Crippen molar-refractivity contribution in [1.82, 2.24) is 15.5 Å². The summed E-state index contributed by atoms with van der Waals surface area (Å²) in [4.78, 5) is 12.9. The first-order chi connectivity index (χ1) is 11.4. The number of amides is 1. The van der Waals surface area contributed by atoms with E-state index in [1.54, 1.807) is 19.2 Å². The number of H-pyrrole nitrogens is 1. The molecule has 24 heavy (non-hydrogen) atoms. The van der Waals surface area contributed by atoms with Crippen molar-refractivity contribution in [1.29, 1.82) is 0 Å². The number of halogens is 1. The van der Waals surface area contributed by atoms with Crippen LogP contribution in [-0.4, -0.2) is 23.2 Å². The number of nitrogens with one attached hydrogen (secondary N) is 2. The molecule has 1 amide bonds. The van der Waals surface area contributed by atoms with Crippen molar-refractivity contribution in [3.8, 4) is 0 Å². The summed E-state index contributed by atoms with van der Waals surface area (Å²) >= 11 is 0. The Morgan fingerprint density at radius 1 is 1.38 bits per heavy atom. The molecule has 1 aromatic carbocycles. The Labute approximate surface area is 140 Å². The molecule has 0 saturated heterocycles. The molecule has 128 valence electrons. The Bertz CT molecular complexity index is 739. The minimum atomic E-state index is -0.601. The first-order valence-electron chi connectivity index (χ1n) is 7.95. The van der Waals surface area contributed by atoms with E-state index in [9.17, 15) is 9.18 Å². The third-order valence-electron chi connectivity index (χ3n) is 4.88. The van der Waals surface area contributed by atoms with E-state index >= 15 is 0 Å². The lowest BCUT2D eigenvalue weighted by molar-refractivity contribution is -0.124. The second-order valence-electron chi connectivity index (χ2n) is 6.97. The largest absolute Gasteiger partial charge is 0.378 e. The number of carbonyl (C=O) groups is 1. The lowest BCUT2D eigenvalue weighted by Gasteiger charge is -2.20. The smallest absolute Gasteiger partial charge is 0.231 e. The van der Waals surface area contributed by atoms with E-state index in [4.69, 9.17) is 4.74 Å². The van der Waals surface area contributed by atoms with Crippen LogP contribution in [0.3, 0.4) is 0 Å². The molecule has 0 unspecified atom stereocenters. The number of carbonyl (C=O) groups excluding carboxylic acids is 1. The van der Waals surface area contributed by atoms with E-state index in [-0.39, 0.29) is 17.1 Å². The fourth-order valence-corrected chi connectivity index (χ4v) is 3.41. The topological polar surface area (TPSA) is 67.0 Å².